The zero-order valence-corrected chi connectivity index (χ0v) is 16.5. The minimum atomic E-state index is -0.447. The Labute approximate surface area is 169 Å². The molecule has 0 unspecified atom stereocenters. The van der Waals surface area contributed by atoms with Crippen molar-refractivity contribution in [1.82, 2.24) is 4.90 Å². The Balaban J connectivity index is 2.15. The molecule has 0 atom stereocenters. The summed E-state index contributed by atoms with van der Waals surface area (Å²) in [5, 5.41) is 3.08. The molecule has 0 spiro atoms. The molecule has 0 aromatic heterocycles. The van der Waals surface area contributed by atoms with Crippen molar-refractivity contribution in [3.63, 3.8) is 0 Å². The minimum Gasteiger partial charge on any atom is -0.497 e. The van der Waals surface area contributed by atoms with Crippen LogP contribution in [0.25, 0.3) is 5.57 Å². The lowest BCUT2D eigenvalue weighted by Crippen LogP contribution is -2.32. The Kier molecular flexibility index (Phi) is 5.87. The van der Waals surface area contributed by atoms with E-state index >= 15 is 0 Å². The summed E-state index contributed by atoms with van der Waals surface area (Å²) in [6, 6.07) is 12.2. The van der Waals surface area contributed by atoms with E-state index in [-0.39, 0.29) is 17.8 Å². The van der Waals surface area contributed by atoms with Gasteiger partial charge in [0, 0.05) is 36.0 Å². The van der Waals surface area contributed by atoms with Crippen molar-refractivity contribution in [3.05, 3.63) is 66.4 Å². The first-order valence-electron chi connectivity index (χ1n) is 8.88. The lowest BCUT2D eigenvalue weighted by molar-refractivity contribution is -0.136. The van der Waals surface area contributed by atoms with E-state index in [1.165, 1.54) is 27.4 Å². The van der Waals surface area contributed by atoms with Gasteiger partial charge in [0.05, 0.1) is 26.9 Å². The third kappa shape index (κ3) is 3.80. The van der Waals surface area contributed by atoms with Gasteiger partial charge >= 0.3 is 0 Å². The normalized spacial score (nSPS) is 13.6. The van der Waals surface area contributed by atoms with Crippen molar-refractivity contribution < 1.29 is 23.8 Å². The van der Waals surface area contributed by atoms with Crippen molar-refractivity contribution in [2.75, 3.05) is 33.2 Å². The van der Waals surface area contributed by atoms with E-state index in [1.807, 2.05) is 0 Å². The molecule has 2 amide bonds. The van der Waals surface area contributed by atoms with E-state index in [4.69, 9.17) is 14.2 Å². The number of hydrogen-bond donors (Lipinski definition) is 1. The molecule has 3 rings (SSSR count). The van der Waals surface area contributed by atoms with Crippen molar-refractivity contribution in [1.29, 1.82) is 0 Å². The molecule has 0 bridgehead atoms. The summed E-state index contributed by atoms with van der Waals surface area (Å²) in [5.74, 6) is 0.720. The number of rotatable bonds is 8. The highest BCUT2D eigenvalue weighted by molar-refractivity contribution is 6.37. The molecule has 7 nitrogen and oxygen atoms in total. The second kappa shape index (κ2) is 8.52. The fourth-order valence-corrected chi connectivity index (χ4v) is 3.11. The molecule has 0 saturated heterocycles. The van der Waals surface area contributed by atoms with E-state index in [1.54, 1.807) is 42.5 Å². The van der Waals surface area contributed by atoms with Gasteiger partial charge in [-0.3, -0.25) is 14.5 Å². The lowest BCUT2D eigenvalue weighted by Gasteiger charge is -2.13. The molecule has 0 fully saturated rings. The quantitative estimate of drug-likeness (QED) is 0.548. The molecule has 7 heteroatoms. The highest BCUT2D eigenvalue weighted by Gasteiger charge is 2.39. The zero-order valence-electron chi connectivity index (χ0n) is 16.5. The van der Waals surface area contributed by atoms with Crippen LogP contribution in [-0.4, -0.2) is 44.6 Å². The van der Waals surface area contributed by atoms with E-state index in [0.717, 1.165) is 4.90 Å². The number of anilines is 1. The largest absolute Gasteiger partial charge is 0.497 e. The number of benzene rings is 2. The second-order valence-electron chi connectivity index (χ2n) is 6.19. The van der Waals surface area contributed by atoms with Gasteiger partial charge in [-0.1, -0.05) is 24.3 Å². The summed E-state index contributed by atoms with van der Waals surface area (Å²) in [7, 11) is 4.59. The number of methoxy groups -OCH3 is 3. The fourth-order valence-electron chi connectivity index (χ4n) is 3.11. The molecule has 1 heterocycles. The van der Waals surface area contributed by atoms with Gasteiger partial charge < -0.3 is 19.5 Å². The Morgan fingerprint density at radius 1 is 0.966 bits per heavy atom. The lowest BCUT2D eigenvalue weighted by atomic mass is 10.0. The molecule has 0 saturated carbocycles. The van der Waals surface area contributed by atoms with Crippen LogP contribution in [0.5, 0.6) is 17.2 Å². The molecular formula is C22H22N2O5. The Morgan fingerprint density at radius 2 is 1.62 bits per heavy atom. The highest BCUT2D eigenvalue weighted by Crippen LogP contribution is 2.36. The number of ether oxygens (including phenoxy) is 3. The van der Waals surface area contributed by atoms with E-state index < -0.39 is 11.8 Å². The number of nitrogens with one attached hydrogen (secondary N) is 1. The number of imide groups is 1. The highest BCUT2D eigenvalue weighted by atomic mass is 16.5. The maximum Gasteiger partial charge on any atom is 0.278 e. The van der Waals surface area contributed by atoms with Gasteiger partial charge in [-0.05, 0) is 6.07 Å². The number of para-hydroxylation sites is 1. The molecule has 1 aliphatic heterocycles. The van der Waals surface area contributed by atoms with Gasteiger partial charge in [0.1, 0.15) is 22.9 Å². The van der Waals surface area contributed by atoms with E-state index in [0.29, 0.717) is 28.5 Å². The first kappa shape index (κ1) is 20.0. The van der Waals surface area contributed by atoms with Gasteiger partial charge in [0.15, 0.2) is 0 Å². The second-order valence-corrected chi connectivity index (χ2v) is 6.19. The van der Waals surface area contributed by atoms with Crippen LogP contribution < -0.4 is 19.5 Å². The minimum absolute atomic E-state index is 0.100. The summed E-state index contributed by atoms with van der Waals surface area (Å²) in [6.45, 7) is 3.74. The number of amides is 2. The zero-order chi connectivity index (χ0) is 21.0. The first-order chi connectivity index (χ1) is 14.0. The summed E-state index contributed by atoms with van der Waals surface area (Å²) in [5.41, 5.74) is 1.45. The molecule has 29 heavy (non-hydrogen) atoms. The molecule has 2 aromatic rings. The predicted molar refractivity (Wildman–Crippen MR) is 110 cm³/mol. The molecule has 150 valence electrons. The average Bonchev–Trinajstić information content (AvgIpc) is 2.97. The third-order valence-corrected chi connectivity index (χ3v) is 4.48. The maximum absolute atomic E-state index is 13.1. The average molecular weight is 394 g/mol. The van der Waals surface area contributed by atoms with Crippen LogP contribution in [0.4, 0.5) is 5.69 Å². The van der Waals surface area contributed by atoms with Crippen LogP contribution in [-0.2, 0) is 9.59 Å². The number of hydrogen-bond acceptors (Lipinski definition) is 6. The van der Waals surface area contributed by atoms with Gasteiger partial charge in [-0.25, -0.2) is 0 Å². The Hall–Kier alpha value is -3.74. The van der Waals surface area contributed by atoms with Crippen molar-refractivity contribution in [2.45, 2.75) is 0 Å². The van der Waals surface area contributed by atoms with Crippen molar-refractivity contribution >= 4 is 23.1 Å². The number of carbonyl (C=O) groups is 2. The van der Waals surface area contributed by atoms with Crippen molar-refractivity contribution in [2.24, 2.45) is 0 Å². The van der Waals surface area contributed by atoms with Gasteiger partial charge in [0.2, 0.25) is 0 Å². The molecule has 1 aliphatic rings. The summed E-state index contributed by atoms with van der Waals surface area (Å²) in [6.07, 6.45) is 1.51. The molecule has 1 N–H and O–H groups in total. The third-order valence-electron chi connectivity index (χ3n) is 4.48. The Morgan fingerprint density at radius 3 is 2.21 bits per heavy atom. The molecule has 0 aliphatic carbocycles. The summed E-state index contributed by atoms with van der Waals surface area (Å²) in [4.78, 5) is 27.2. The number of nitrogens with zero attached hydrogens (tertiary/aromatic N) is 1. The van der Waals surface area contributed by atoms with Crippen LogP contribution in [0.2, 0.25) is 0 Å². The first-order valence-corrected chi connectivity index (χ1v) is 8.88. The van der Waals surface area contributed by atoms with Crippen LogP contribution >= 0.6 is 0 Å². The monoisotopic (exact) mass is 394 g/mol. The molecular weight excluding hydrogens is 372 g/mol. The van der Waals surface area contributed by atoms with Gasteiger partial charge in [-0.2, -0.15) is 0 Å². The summed E-state index contributed by atoms with van der Waals surface area (Å²) < 4.78 is 16.0. The van der Waals surface area contributed by atoms with Crippen LogP contribution in [0, 0.1) is 0 Å². The molecule has 0 radical (unpaired) electrons. The van der Waals surface area contributed by atoms with Crippen LogP contribution in [0.1, 0.15) is 5.56 Å². The smallest absolute Gasteiger partial charge is 0.278 e. The van der Waals surface area contributed by atoms with Gasteiger partial charge in [0.25, 0.3) is 11.8 Å². The Bertz CT molecular complexity index is 974. The fraction of sp³-hybridized carbons (Fsp3) is 0.182. The SMILES string of the molecule is C=CCN1C(=O)C(Nc2cc(OC)cc(OC)c2)=C(c2ccccc2OC)C1=O. The topological polar surface area (TPSA) is 77.1 Å². The maximum atomic E-state index is 13.1. The van der Waals surface area contributed by atoms with Crippen LogP contribution in [0.15, 0.2) is 60.8 Å². The van der Waals surface area contributed by atoms with E-state index in [2.05, 4.69) is 11.9 Å². The summed E-state index contributed by atoms with van der Waals surface area (Å²) >= 11 is 0. The van der Waals surface area contributed by atoms with Crippen molar-refractivity contribution in [3.8, 4) is 17.2 Å². The standard InChI is InChI=1S/C22H22N2O5/c1-5-10-24-21(25)19(17-8-6-7-9-18(17)29-4)20(22(24)26)23-14-11-15(27-2)13-16(12-14)28-3/h5-9,11-13,23H,1,10H2,2-4H3. The predicted octanol–water partition coefficient (Wildman–Crippen LogP) is 3.09. The number of carbonyl (C=O) groups excluding carboxylic acids is 2. The van der Waals surface area contributed by atoms with E-state index in [9.17, 15) is 9.59 Å². The van der Waals surface area contributed by atoms with Crippen LogP contribution in [0.3, 0.4) is 0 Å². The van der Waals surface area contributed by atoms with Gasteiger partial charge in [-0.15, -0.1) is 6.58 Å². The molecule has 2 aromatic carbocycles.